The summed E-state index contributed by atoms with van der Waals surface area (Å²) in [5.74, 6) is -0.713. The van der Waals surface area contributed by atoms with E-state index in [9.17, 15) is 4.79 Å². The topological polar surface area (TPSA) is 37.3 Å². The van der Waals surface area contributed by atoms with Crippen LogP contribution in [0.4, 0.5) is 0 Å². The Labute approximate surface area is 56.7 Å². The van der Waals surface area contributed by atoms with Gasteiger partial charge in [0.25, 0.3) is 0 Å². The maximum absolute atomic E-state index is 10.2. The number of rotatable bonds is 4. The summed E-state index contributed by atoms with van der Waals surface area (Å²) >= 11 is 0. The fourth-order valence-corrected chi connectivity index (χ4v) is 1.04. The van der Waals surface area contributed by atoms with Gasteiger partial charge < -0.3 is 5.11 Å². The number of hydrogen-bond acceptors (Lipinski definition) is 1. The van der Waals surface area contributed by atoms with Gasteiger partial charge in [-0.05, 0) is 13.1 Å². The zero-order chi connectivity index (χ0) is 7.28. The lowest BCUT2D eigenvalue weighted by molar-refractivity contribution is -0.136. The average molecular weight is 146 g/mol. The van der Waals surface area contributed by atoms with Gasteiger partial charge in [0.05, 0.1) is 5.66 Å². The smallest absolute Gasteiger partial charge is 0.310 e. The first-order valence-corrected chi connectivity index (χ1v) is 4.04. The van der Waals surface area contributed by atoms with Crippen molar-refractivity contribution < 1.29 is 9.90 Å². The summed E-state index contributed by atoms with van der Waals surface area (Å²) in [5, 5.41) is 8.38. The predicted molar refractivity (Wildman–Crippen MR) is 40.5 cm³/mol. The normalized spacial score (nSPS) is 13.9. The van der Waals surface area contributed by atoms with Crippen LogP contribution in [0.1, 0.15) is 6.92 Å². The van der Waals surface area contributed by atoms with Crippen LogP contribution in [0.3, 0.4) is 0 Å². The van der Waals surface area contributed by atoms with Crippen molar-refractivity contribution in [2.75, 3.05) is 6.16 Å². The SMILES string of the molecule is C=CCPC(C)C(=O)O. The zero-order valence-corrected chi connectivity index (χ0v) is 6.42. The number of carboxylic acids is 1. The van der Waals surface area contributed by atoms with Gasteiger partial charge in [-0.2, -0.15) is 0 Å². The van der Waals surface area contributed by atoms with E-state index >= 15 is 0 Å². The van der Waals surface area contributed by atoms with E-state index in [-0.39, 0.29) is 5.66 Å². The maximum Gasteiger partial charge on any atom is 0.310 e. The van der Waals surface area contributed by atoms with E-state index < -0.39 is 5.97 Å². The summed E-state index contributed by atoms with van der Waals surface area (Å²) in [4.78, 5) is 10.2. The van der Waals surface area contributed by atoms with Crippen molar-refractivity contribution in [2.45, 2.75) is 12.6 Å². The molecule has 9 heavy (non-hydrogen) atoms. The Kier molecular flexibility index (Phi) is 4.33. The third-order valence-electron chi connectivity index (χ3n) is 0.939. The number of allylic oxidation sites excluding steroid dienone is 1. The van der Waals surface area contributed by atoms with Gasteiger partial charge >= 0.3 is 5.97 Å². The minimum atomic E-state index is -0.713. The first-order chi connectivity index (χ1) is 4.18. The van der Waals surface area contributed by atoms with Crippen LogP contribution >= 0.6 is 8.58 Å². The van der Waals surface area contributed by atoms with E-state index in [2.05, 4.69) is 6.58 Å². The van der Waals surface area contributed by atoms with Crippen LogP contribution in [0.2, 0.25) is 0 Å². The molecule has 0 aromatic heterocycles. The molecule has 0 rings (SSSR count). The van der Waals surface area contributed by atoms with Gasteiger partial charge in [0.1, 0.15) is 0 Å². The highest BCUT2D eigenvalue weighted by Gasteiger charge is 2.07. The fraction of sp³-hybridized carbons (Fsp3) is 0.500. The molecule has 2 unspecified atom stereocenters. The zero-order valence-electron chi connectivity index (χ0n) is 5.42. The van der Waals surface area contributed by atoms with E-state index in [1.807, 2.05) is 0 Å². The molecule has 0 aliphatic heterocycles. The van der Waals surface area contributed by atoms with Crippen molar-refractivity contribution in [2.24, 2.45) is 0 Å². The Morgan fingerprint density at radius 3 is 2.89 bits per heavy atom. The third kappa shape index (κ3) is 4.16. The molecule has 2 nitrogen and oxygen atoms in total. The van der Waals surface area contributed by atoms with Crippen molar-refractivity contribution in [1.82, 2.24) is 0 Å². The van der Waals surface area contributed by atoms with Gasteiger partial charge in [-0.1, -0.05) is 6.08 Å². The molecule has 0 spiro atoms. The van der Waals surface area contributed by atoms with E-state index in [4.69, 9.17) is 5.11 Å². The molecular formula is C6H11O2P. The average Bonchev–Trinajstić information content (AvgIpc) is 1.82. The second-order valence-corrected chi connectivity index (χ2v) is 3.44. The number of aliphatic carboxylic acids is 1. The monoisotopic (exact) mass is 146 g/mol. The van der Waals surface area contributed by atoms with Gasteiger partial charge in [0.15, 0.2) is 0 Å². The molecule has 0 bridgehead atoms. The minimum Gasteiger partial charge on any atom is -0.481 e. The standard InChI is InChI=1S/C6H11O2P/c1-3-4-9-5(2)6(7)8/h3,5,9H,1,4H2,2H3,(H,7,8). The van der Waals surface area contributed by atoms with E-state index in [0.717, 1.165) is 6.16 Å². The van der Waals surface area contributed by atoms with Crippen molar-refractivity contribution in [3.63, 3.8) is 0 Å². The molecule has 0 fully saturated rings. The molecule has 52 valence electrons. The molecule has 0 radical (unpaired) electrons. The summed E-state index contributed by atoms with van der Waals surface area (Å²) in [6.45, 7) is 5.22. The molecule has 0 aliphatic rings. The summed E-state index contributed by atoms with van der Waals surface area (Å²) in [5.41, 5.74) is -0.206. The first-order valence-electron chi connectivity index (χ1n) is 2.75. The maximum atomic E-state index is 10.2. The molecule has 3 heteroatoms. The lowest BCUT2D eigenvalue weighted by Crippen LogP contribution is -2.09. The summed E-state index contributed by atoms with van der Waals surface area (Å²) in [7, 11) is 0.469. The Bertz CT molecular complexity index is 112. The highest BCUT2D eigenvalue weighted by atomic mass is 31.1. The first kappa shape index (κ1) is 8.64. The van der Waals surface area contributed by atoms with Crippen molar-refractivity contribution in [3.8, 4) is 0 Å². The molecule has 0 aromatic carbocycles. The molecule has 0 heterocycles. The molecule has 0 aliphatic carbocycles. The van der Waals surface area contributed by atoms with Gasteiger partial charge in [-0.15, -0.1) is 15.2 Å². The highest BCUT2D eigenvalue weighted by molar-refractivity contribution is 7.40. The van der Waals surface area contributed by atoms with Crippen LogP contribution < -0.4 is 0 Å². The molecule has 0 saturated carbocycles. The molecular weight excluding hydrogens is 135 g/mol. The lowest BCUT2D eigenvalue weighted by Gasteiger charge is -2.01. The number of hydrogen-bond donors (Lipinski definition) is 1. The summed E-state index contributed by atoms with van der Waals surface area (Å²) in [6.07, 6.45) is 2.56. The third-order valence-corrected chi connectivity index (χ3v) is 2.32. The molecule has 0 saturated heterocycles. The van der Waals surface area contributed by atoms with Crippen molar-refractivity contribution in [1.29, 1.82) is 0 Å². The largest absolute Gasteiger partial charge is 0.481 e. The highest BCUT2D eigenvalue weighted by Crippen LogP contribution is 2.17. The quantitative estimate of drug-likeness (QED) is 0.479. The Morgan fingerprint density at radius 1 is 2.00 bits per heavy atom. The van der Waals surface area contributed by atoms with Crippen LogP contribution in [0.5, 0.6) is 0 Å². The molecule has 0 aromatic rings. The van der Waals surface area contributed by atoms with Crippen LogP contribution in [-0.2, 0) is 4.79 Å². The van der Waals surface area contributed by atoms with Gasteiger partial charge in [-0.3, -0.25) is 4.79 Å². The fourth-order valence-electron chi connectivity index (χ4n) is 0.347. The summed E-state index contributed by atoms with van der Waals surface area (Å²) < 4.78 is 0. The van der Waals surface area contributed by atoms with Gasteiger partial charge in [0, 0.05) is 0 Å². The predicted octanol–water partition coefficient (Wildman–Crippen LogP) is 1.32. The van der Waals surface area contributed by atoms with Crippen LogP contribution in [-0.4, -0.2) is 22.9 Å². The van der Waals surface area contributed by atoms with Crippen LogP contribution in [0.25, 0.3) is 0 Å². The Hall–Kier alpha value is -0.360. The molecule has 1 N–H and O–H groups in total. The van der Waals surface area contributed by atoms with Crippen LogP contribution in [0, 0.1) is 0 Å². The lowest BCUT2D eigenvalue weighted by atomic mass is 10.5. The minimum absolute atomic E-state index is 0.206. The second kappa shape index (κ2) is 4.51. The number of carbonyl (C=O) groups is 1. The summed E-state index contributed by atoms with van der Waals surface area (Å²) in [6, 6.07) is 0. The van der Waals surface area contributed by atoms with E-state index in [0.29, 0.717) is 8.58 Å². The molecule has 2 atom stereocenters. The van der Waals surface area contributed by atoms with Crippen molar-refractivity contribution in [3.05, 3.63) is 12.7 Å². The Balaban J connectivity index is 3.37. The van der Waals surface area contributed by atoms with Gasteiger partial charge in [-0.25, -0.2) is 0 Å². The van der Waals surface area contributed by atoms with Crippen molar-refractivity contribution >= 4 is 14.6 Å². The van der Waals surface area contributed by atoms with E-state index in [1.165, 1.54) is 0 Å². The van der Waals surface area contributed by atoms with E-state index in [1.54, 1.807) is 13.0 Å². The van der Waals surface area contributed by atoms with Crippen LogP contribution in [0.15, 0.2) is 12.7 Å². The molecule has 0 amide bonds. The van der Waals surface area contributed by atoms with Gasteiger partial charge in [0.2, 0.25) is 0 Å². The second-order valence-electron chi connectivity index (χ2n) is 1.76. The number of carboxylic acid groups (broad SMARTS) is 1. The Morgan fingerprint density at radius 2 is 2.56 bits per heavy atom.